The van der Waals surface area contributed by atoms with Crippen LogP contribution in [0.3, 0.4) is 0 Å². The predicted molar refractivity (Wildman–Crippen MR) is 103 cm³/mol. The summed E-state index contributed by atoms with van der Waals surface area (Å²) in [5.74, 6) is -2.00. The molecule has 2 N–H and O–H groups in total. The number of carbonyl (C=O) groups is 2. The van der Waals surface area contributed by atoms with Gasteiger partial charge in [0.2, 0.25) is 0 Å². The first-order valence-corrected chi connectivity index (χ1v) is 10.6. The van der Waals surface area contributed by atoms with E-state index in [1.54, 1.807) is 6.92 Å². The van der Waals surface area contributed by atoms with Gasteiger partial charge < -0.3 is 24.4 Å². The smallest absolute Gasteiger partial charge is 0.311 e. The van der Waals surface area contributed by atoms with Gasteiger partial charge in [0.25, 0.3) is 0 Å². The van der Waals surface area contributed by atoms with Gasteiger partial charge >= 0.3 is 11.9 Å². The van der Waals surface area contributed by atoms with Crippen molar-refractivity contribution in [3.63, 3.8) is 0 Å². The molecule has 0 aromatic heterocycles. The van der Waals surface area contributed by atoms with Crippen LogP contribution in [-0.4, -0.2) is 58.8 Å². The van der Waals surface area contributed by atoms with E-state index in [9.17, 15) is 14.7 Å². The highest BCUT2D eigenvalue weighted by molar-refractivity contribution is 5.73. The number of aliphatic carboxylic acids is 1. The lowest BCUT2D eigenvalue weighted by atomic mass is 10.0. The quantitative estimate of drug-likeness (QED) is 0.544. The van der Waals surface area contributed by atoms with Gasteiger partial charge in [0.05, 0.1) is 42.4 Å². The molecule has 2 aliphatic heterocycles. The van der Waals surface area contributed by atoms with E-state index in [0.29, 0.717) is 19.3 Å². The zero-order valence-electron chi connectivity index (χ0n) is 17.5. The fraction of sp³-hybridized carbons (Fsp3) is 0.905. The van der Waals surface area contributed by atoms with Crippen LogP contribution in [0.1, 0.15) is 72.6 Å². The van der Waals surface area contributed by atoms with Crippen molar-refractivity contribution in [3.05, 3.63) is 0 Å². The van der Waals surface area contributed by atoms with Crippen LogP contribution in [0.25, 0.3) is 0 Å². The van der Waals surface area contributed by atoms with Crippen molar-refractivity contribution in [3.8, 4) is 0 Å². The molecular formula is C21H36O7. The number of esters is 1. The van der Waals surface area contributed by atoms with Crippen LogP contribution in [0.15, 0.2) is 0 Å². The minimum Gasteiger partial charge on any atom is -0.481 e. The molecule has 0 unspecified atom stereocenters. The van der Waals surface area contributed by atoms with Crippen molar-refractivity contribution in [1.82, 2.24) is 0 Å². The summed E-state index contributed by atoms with van der Waals surface area (Å²) in [6.45, 7) is 7.28. The Kier molecular flexibility index (Phi) is 8.71. The molecule has 0 aliphatic carbocycles. The first-order chi connectivity index (χ1) is 13.2. The van der Waals surface area contributed by atoms with E-state index in [1.165, 1.54) is 0 Å². The van der Waals surface area contributed by atoms with Gasteiger partial charge in [-0.1, -0.05) is 6.92 Å². The van der Waals surface area contributed by atoms with E-state index in [0.717, 1.165) is 25.7 Å². The highest BCUT2D eigenvalue weighted by Crippen LogP contribution is 2.31. The van der Waals surface area contributed by atoms with Gasteiger partial charge in [0.15, 0.2) is 0 Å². The summed E-state index contributed by atoms with van der Waals surface area (Å²) in [5, 5.41) is 18.9. The minimum absolute atomic E-state index is 0.00710. The number of carboxylic acids is 1. The Balaban J connectivity index is 1.73. The van der Waals surface area contributed by atoms with Gasteiger partial charge in [-0.05, 0) is 59.3 Å². The highest BCUT2D eigenvalue weighted by Gasteiger charge is 2.36. The van der Waals surface area contributed by atoms with Crippen molar-refractivity contribution in [2.45, 2.75) is 109 Å². The normalized spacial score (nSPS) is 31.9. The van der Waals surface area contributed by atoms with E-state index < -0.39 is 11.9 Å². The summed E-state index contributed by atoms with van der Waals surface area (Å²) in [7, 11) is 0. The summed E-state index contributed by atoms with van der Waals surface area (Å²) in [6, 6.07) is 0. The Hall–Kier alpha value is -1.18. The molecule has 0 aromatic rings. The highest BCUT2D eigenvalue weighted by atomic mass is 16.6. The van der Waals surface area contributed by atoms with Gasteiger partial charge in [-0.3, -0.25) is 9.59 Å². The first-order valence-electron chi connectivity index (χ1n) is 10.6. The molecule has 0 saturated carbocycles. The van der Waals surface area contributed by atoms with Crippen molar-refractivity contribution in [2.24, 2.45) is 11.8 Å². The molecule has 0 spiro atoms. The fourth-order valence-electron chi connectivity index (χ4n) is 4.05. The lowest BCUT2D eigenvalue weighted by Crippen LogP contribution is -2.32. The van der Waals surface area contributed by atoms with Crippen molar-refractivity contribution in [1.29, 1.82) is 0 Å². The molecule has 0 amide bonds. The molecular weight excluding hydrogens is 364 g/mol. The number of hydrogen-bond donors (Lipinski definition) is 2. The summed E-state index contributed by atoms with van der Waals surface area (Å²) < 4.78 is 17.4. The van der Waals surface area contributed by atoms with Gasteiger partial charge in [0.1, 0.15) is 6.10 Å². The van der Waals surface area contributed by atoms with Gasteiger partial charge in [-0.15, -0.1) is 0 Å². The predicted octanol–water partition coefficient (Wildman–Crippen LogP) is 2.92. The molecule has 2 saturated heterocycles. The zero-order valence-corrected chi connectivity index (χ0v) is 17.5. The first kappa shape index (κ1) is 23.1. The van der Waals surface area contributed by atoms with Gasteiger partial charge in [0, 0.05) is 6.42 Å². The van der Waals surface area contributed by atoms with Crippen molar-refractivity contribution < 1.29 is 34.0 Å². The van der Waals surface area contributed by atoms with Crippen LogP contribution in [0, 0.1) is 11.8 Å². The lowest BCUT2D eigenvalue weighted by molar-refractivity contribution is -0.159. The van der Waals surface area contributed by atoms with Crippen LogP contribution in [0.4, 0.5) is 0 Å². The third-order valence-corrected chi connectivity index (χ3v) is 6.08. The average Bonchev–Trinajstić information content (AvgIpc) is 3.29. The second-order valence-electron chi connectivity index (χ2n) is 8.44. The molecule has 2 heterocycles. The van der Waals surface area contributed by atoms with Crippen LogP contribution in [0.2, 0.25) is 0 Å². The largest absolute Gasteiger partial charge is 0.481 e. The van der Waals surface area contributed by atoms with E-state index in [4.69, 9.17) is 19.3 Å². The fourth-order valence-corrected chi connectivity index (χ4v) is 4.05. The van der Waals surface area contributed by atoms with E-state index in [-0.39, 0.29) is 48.5 Å². The Bertz CT molecular complexity index is 523. The Morgan fingerprint density at radius 1 is 0.964 bits per heavy atom. The molecule has 28 heavy (non-hydrogen) atoms. The second-order valence-corrected chi connectivity index (χ2v) is 8.44. The molecule has 7 heteroatoms. The van der Waals surface area contributed by atoms with Crippen molar-refractivity contribution >= 4 is 11.9 Å². The van der Waals surface area contributed by atoms with Crippen LogP contribution < -0.4 is 0 Å². The van der Waals surface area contributed by atoms with Crippen molar-refractivity contribution in [2.75, 3.05) is 0 Å². The number of aliphatic hydroxyl groups is 1. The third kappa shape index (κ3) is 6.42. The SMILES string of the molecule is CC[C@@H](O)C[C@H]1CC[C@H]([C@H](C)C(=O)O[C@@H](C)C[C@H]2CC[C@H]([C@H](C)C(=O)O)O2)O1. The molecule has 2 rings (SSSR count). The zero-order chi connectivity index (χ0) is 20.8. The Labute approximate surface area is 167 Å². The Morgan fingerprint density at radius 2 is 1.50 bits per heavy atom. The van der Waals surface area contributed by atoms with Crippen LogP contribution in [0.5, 0.6) is 0 Å². The summed E-state index contributed by atoms with van der Waals surface area (Å²) in [4.78, 5) is 23.6. The summed E-state index contributed by atoms with van der Waals surface area (Å²) in [6.07, 6.45) is 3.88. The van der Waals surface area contributed by atoms with E-state index in [2.05, 4.69) is 0 Å². The maximum Gasteiger partial charge on any atom is 0.311 e. The number of carbonyl (C=O) groups excluding carboxylic acids is 1. The molecule has 0 radical (unpaired) electrons. The lowest BCUT2D eigenvalue weighted by Gasteiger charge is -2.23. The van der Waals surface area contributed by atoms with Crippen LogP contribution in [-0.2, 0) is 23.8 Å². The summed E-state index contributed by atoms with van der Waals surface area (Å²) >= 11 is 0. The van der Waals surface area contributed by atoms with Gasteiger partial charge in [-0.2, -0.15) is 0 Å². The monoisotopic (exact) mass is 400 g/mol. The summed E-state index contributed by atoms with van der Waals surface area (Å²) in [5.41, 5.74) is 0. The second kappa shape index (κ2) is 10.6. The standard InChI is InChI=1S/C21H36O7/c1-5-15(22)11-17-7-9-19(28-17)14(4)21(25)26-12(2)10-16-6-8-18(27-16)13(3)20(23)24/h12-19,22H,5-11H2,1-4H3,(H,23,24)/t12-,13-,14-,15+,16+,17+,18+,19+/m0/s1. The average molecular weight is 401 g/mol. The molecule has 2 fully saturated rings. The van der Waals surface area contributed by atoms with Crippen LogP contribution >= 0.6 is 0 Å². The maximum atomic E-state index is 12.5. The van der Waals surface area contributed by atoms with E-state index >= 15 is 0 Å². The minimum atomic E-state index is -0.847. The maximum absolute atomic E-state index is 12.5. The molecule has 0 aromatic carbocycles. The molecule has 0 bridgehead atoms. The topological polar surface area (TPSA) is 102 Å². The molecule has 162 valence electrons. The molecule has 2 aliphatic rings. The van der Waals surface area contributed by atoms with E-state index in [1.807, 2.05) is 20.8 Å². The number of hydrogen-bond acceptors (Lipinski definition) is 6. The number of carboxylic acid groups (broad SMARTS) is 1. The number of aliphatic hydroxyl groups excluding tert-OH is 1. The number of rotatable bonds is 10. The Morgan fingerprint density at radius 3 is 2.04 bits per heavy atom. The third-order valence-electron chi connectivity index (χ3n) is 6.08. The molecule has 7 nitrogen and oxygen atoms in total. The number of ether oxygens (including phenoxy) is 3. The van der Waals surface area contributed by atoms with Gasteiger partial charge in [-0.25, -0.2) is 0 Å². The molecule has 8 atom stereocenters.